The fourth-order valence-electron chi connectivity index (χ4n) is 8.72. The molecule has 2 aliphatic carbocycles. The van der Waals surface area contributed by atoms with Crippen LogP contribution in [0.3, 0.4) is 0 Å². The lowest BCUT2D eigenvalue weighted by Crippen LogP contribution is -2.22. The molecule has 0 saturated heterocycles. The number of benzene rings is 7. The minimum atomic E-state index is -0.0111. The van der Waals surface area contributed by atoms with Crippen LogP contribution in [-0.2, 0) is 18.3 Å². The van der Waals surface area contributed by atoms with Gasteiger partial charge in [0.1, 0.15) is 11.2 Å². The van der Waals surface area contributed by atoms with E-state index in [0.29, 0.717) is 0 Å². The number of fused-ring (bicyclic) bond motifs is 7. The molecule has 0 amide bonds. The van der Waals surface area contributed by atoms with Gasteiger partial charge in [0.2, 0.25) is 0 Å². The maximum Gasteiger partial charge on any atom is 0.135 e. The summed E-state index contributed by atoms with van der Waals surface area (Å²) in [4.78, 5) is 4.80. The molecule has 50 heavy (non-hydrogen) atoms. The van der Waals surface area contributed by atoms with Gasteiger partial charge < -0.3 is 14.2 Å². The maximum absolute atomic E-state index is 6.22. The molecular weight excluding hydrogens is 609 g/mol. The van der Waals surface area contributed by atoms with Gasteiger partial charge in [0.05, 0.1) is 0 Å². The Balaban J connectivity index is 1.11. The number of nitrogens with zero attached hydrogens (tertiary/aromatic N) is 2. The lowest BCUT2D eigenvalue weighted by molar-refractivity contribution is 0.507. The molecule has 3 nitrogen and oxygen atoms in total. The van der Waals surface area contributed by atoms with Gasteiger partial charge in [0.15, 0.2) is 0 Å². The van der Waals surface area contributed by atoms with Crippen LogP contribution in [0.15, 0.2) is 174 Å². The van der Waals surface area contributed by atoms with E-state index in [2.05, 4.69) is 168 Å². The Morgan fingerprint density at radius 2 is 0.820 bits per heavy atom. The summed E-state index contributed by atoms with van der Waals surface area (Å²) in [7, 11) is 0. The molecule has 1 aromatic heterocycles. The van der Waals surface area contributed by atoms with Crippen LogP contribution in [0, 0.1) is 0 Å². The summed E-state index contributed by atoms with van der Waals surface area (Å²) in [6.45, 7) is 0. The van der Waals surface area contributed by atoms with Crippen molar-refractivity contribution in [3.63, 3.8) is 0 Å². The number of hydrogen-bond donors (Lipinski definition) is 0. The van der Waals surface area contributed by atoms with Gasteiger partial charge >= 0.3 is 0 Å². The number of hydrogen-bond acceptors (Lipinski definition) is 3. The Labute approximate surface area is 292 Å². The topological polar surface area (TPSA) is 19.6 Å². The second-order valence-electron chi connectivity index (χ2n) is 13.7. The Bertz CT molecular complexity index is 2460. The van der Waals surface area contributed by atoms with Gasteiger partial charge in [-0.25, -0.2) is 0 Å². The van der Waals surface area contributed by atoms with Crippen molar-refractivity contribution >= 4 is 56.1 Å². The van der Waals surface area contributed by atoms with E-state index >= 15 is 0 Å². The molecule has 1 heterocycles. The molecule has 0 radical (unpaired) electrons. The summed E-state index contributed by atoms with van der Waals surface area (Å²) < 4.78 is 6.22. The molecule has 0 saturated carbocycles. The minimum Gasteiger partial charge on any atom is -0.456 e. The average Bonchev–Trinajstić information content (AvgIpc) is 3.86. The van der Waals surface area contributed by atoms with Crippen molar-refractivity contribution in [2.75, 3.05) is 9.80 Å². The van der Waals surface area contributed by atoms with E-state index in [9.17, 15) is 0 Å². The van der Waals surface area contributed by atoms with Gasteiger partial charge in [0.25, 0.3) is 0 Å². The largest absolute Gasteiger partial charge is 0.456 e. The van der Waals surface area contributed by atoms with Crippen molar-refractivity contribution < 1.29 is 4.42 Å². The number of furan rings is 1. The lowest BCUT2D eigenvalue weighted by atomic mass is 9.76. The number of aryl methyl sites for hydroxylation is 2. The van der Waals surface area contributed by atoms with E-state index in [1.54, 1.807) is 0 Å². The van der Waals surface area contributed by atoms with Gasteiger partial charge in [-0.15, -0.1) is 0 Å². The molecular formula is C47H36N2O. The zero-order valence-corrected chi connectivity index (χ0v) is 27.8. The number of anilines is 6. The Hall–Kier alpha value is -6.06. The van der Waals surface area contributed by atoms with Gasteiger partial charge in [-0.05, 0) is 133 Å². The van der Waals surface area contributed by atoms with Crippen LogP contribution in [0.1, 0.15) is 35.1 Å². The predicted molar refractivity (Wildman–Crippen MR) is 207 cm³/mol. The third-order valence-electron chi connectivity index (χ3n) is 11.0. The van der Waals surface area contributed by atoms with Crippen molar-refractivity contribution in [2.24, 2.45) is 0 Å². The van der Waals surface area contributed by atoms with E-state index in [4.69, 9.17) is 4.42 Å². The molecule has 7 aromatic carbocycles. The van der Waals surface area contributed by atoms with E-state index in [-0.39, 0.29) is 5.41 Å². The van der Waals surface area contributed by atoms with Crippen molar-refractivity contribution in [1.82, 2.24) is 0 Å². The van der Waals surface area contributed by atoms with Crippen LogP contribution in [0.25, 0.3) is 21.9 Å². The van der Waals surface area contributed by atoms with E-state index in [1.807, 2.05) is 12.1 Å². The molecule has 1 atom stereocenters. The standard InChI is InChI=1S/C47H36N2O/c1-4-12-35(13-5-1)48(36-14-6-2-7-15-36)39-22-20-33-26-28-47(43(33)31-39)29-27-34-21-23-40(32-44(34)47)49(37-16-8-3-9-17-37)38-24-25-46-42(30-38)41-18-10-11-19-45(41)50-46/h1-25,30-32H,26-29H2/t47-/m1/s1. The first kappa shape index (κ1) is 28.9. The molecule has 240 valence electrons. The fraction of sp³-hybridized carbons (Fsp3) is 0.106. The SMILES string of the molecule is c1ccc(N(c2ccccc2)c2ccc3c(c2)[C@@]2(CC3)CCc3ccc(N(c4ccccc4)c4ccc5oc6ccccc6c5c4)cc32)cc1. The van der Waals surface area contributed by atoms with Crippen LogP contribution in [0.5, 0.6) is 0 Å². The van der Waals surface area contributed by atoms with Crippen LogP contribution >= 0.6 is 0 Å². The monoisotopic (exact) mass is 644 g/mol. The lowest BCUT2D eigenvalue weighted by Gasteiger charge is -2.31. The second kappa shape index (κ2) is 11.5. The molecule has 0 aliphatic heterocycles. The van der Waals surface area contributed by atoms with Gasteiger partial charge in [-0.3, -0.25) is 0 Å². The third kappa shape index (κ3) is 4.58. The van der Waals surface area contributed by atoms with E-state index in [1.165, 1.54) is 45.0 Å². The summed E-state index contributed by atoms with van der Waals surface area (Å²) >= 11 is 0. The van der Waals surface area contributed by atoms with Gasteiger partial charge in [-0.2, -0.15) is 0 Å². The van der Waals surface area contributed by atoms with Crippen LogP contribution in [0.2, 0.25) is 0 Å². The van der Waals surface area contributed by atoms with Crippen molar-refractivity contribution in [3.8, 4) is 0 Å². The summed E-state index contributed by atoms with van der Waals surface area (Å²) in [5, 5.41) is 2.28. The first-order chi connectivity index (χ1) is 24.7. The third-order valence-corrected chi connectivity index (χ3v) is 11.0. The Morgan fingerprint density at radius 1 is 0.380 bits per heavy atom. The second-order valence-corrected chi connectivity index (χ2v) is 13.7. The molecule has 3 heteroatoms. The first-order valence-electron chi connectivity index (χ1n) is 17.7. The highest BCUT2D eigenvalue weighted by Crippen LogP contribution is 2.55. The van der Waals surface area contributed by atoms with Crippen LogP contribution in [-0.4, -0.2) is 0 Å². The van der Waals surface area contributed by atoms with Gasteiger partial charge in [-0.1, -0.05) is 84.9 Å². The van der Waals surface area contributed by atoms with Crippen LogP contribution < -0.4 is 9.80 Å². The molecule has 2 aliphatic rings. The molecule has 1 spiro atoms. The smallest absolute Gasteiger partial charge is 0.135 e. The molecule has 0 N–H and O–H groups in total. The summed E-state index contributed by atoms with van der Waals surface area (Å²) in [6, 6.07) is 61.6. The Morgan fingerprint density at radius 3 is 1.38 bits per heavy atom. The van der Waals surface area contributed by atoms with Crippen molar-refractivity contribution in [3.05, 3.63) is 192 Å². The quantitative estimate of drug-likeness (QED) is 0.180. The fourth-order valence-corrected chi connectivity index (χ4v) is 8.72. The summed E-state index contributed by atoms with van der Waals surface area (Å²) in [5.41, 5.74) is 14.7. The van der Waals surface area contributed by atoms with E-state index in [0.717, 1.165) is 59.0 Å². The molecule has 10 rings (SSSR count). The van der Waals surface area contributed by atoms with Crippen molar-refractivity contribution in [2.45, 2.75) is 31.1 Å². The average molecular weight is 645 g/mol. The normalized spacial score (nSPS) is 16.2. The van der Waals surface area contributed by atoms with Gasteiger partial charge in [0, 0.05) is 50.3 Å². The highest BCUT2D eigenvalue weighted by molar-refractivity contribution is 6.06. The highest BCUT2D eigenvalue weighted by atomic mass is 16.3. The highest BCUT2D eigenvalue weighted by Gasteiger charge is 2.45. The van der Waals surface area contributed by atoms with E-state index < -0.39 is 0 Å². The first-order valence-corrected chi connectivity index (χ1v) is 17.7. The zero-order valence-electron chi connectivity index (χ0n) is 27.8. The zero-order chi connectivity index (χ0) is 33.1. The molecule has 8 aromatic rings. The molecule has 0 fully saturated rings. The molecule has 0 bridgehead atoms. The number of para-hydroxylation sites is 4. The predicted octanol–water partition coefficient (Wildman–Crippen LogP) is 12.7. The minimum absolute atomic E-state index is 0.0111. The molecule has 0 unspecified atom stereocenters. The van der Waals surface area contributed by atoms with Crippen molar-refractivity contribution in [1.29, 1.82) is 0 Å². The Kier molecular flexibility index (Phi) is 6.67. The number of rotatable bonds is 6. The van der Waals surface area contributed by atoms with Crippen LogP contribution in [0.4, 0.5) is 34.1 Å². The summed E-state index contributed by atoms with van der Waals surface area (Å²) in [6.07, 6.45) is 4.47. The maximum atomic E-state index is 6.22. The summed E-state index contributed by atoms with van der Waals surface area (Å²) in [5.74, 6) is 0.